The second-order valence-corrected chi connectivity index (χ2v) is 3.06. The first-order valence-electron chi connectivity index (χ1n) is 3.87. The number of carbonyl (C=O) groups is 1. The fraction of sp³-hybridized carbons (Fsp3) is 0.444. The summed E-state index contributed by atoms with van der Waals surface area (Å²) >= 11 is 0. The topological polar surface area (TPSA) is 35.5 Å². The molecule has 2 aliphatic rings. The maximum atomic E-state index is 11.0. The van der Waals surface area contributed by atoms with Gasteiger partial charge in [-0.05, 0) is 30.7 Å². The second-order valence-electron chi connectivity index (χ2n) is 3.06. The van der Waals surface area contributed by atoms with Crippen LogP contribution in [0.1, 0.15) is 6.92 Å². The molecule has 0 aromatic heterocycles. The number of ether oxygens (including phenoxy) is 2. The lowest BCUT2D eigenvalue weighted by molar-refractivity contribution is -0.110. The van der Waals surface area contributed by atoms with Crippen LogP contribution in [-0.4, -0.2) is 24.8 Å². The number of carbonyl (C=O) groups excluding carboxylic acids is 1. The smallest absolute Gasteiger partial charge is 0.178 e. The largest absolute Gasteiger partial charge is 0.352 e. The van der Waals surface area contributed by atoms with Crippen molar-refractivity contribution < 1.29 is 14.3 Å². The minimum absolute atomic E-state index is 0.0219. The number of hydrogen-bond donors (Lipinski definition) is 0. The highest BCUT2D eigenvalue weighted by atomic mass is 16.7. The molecule has 64 valence electrons. The Labute approximate surface area is 70.7 Å². The fourth-order valence-corrected chi connectivity index (χ4v) is 1.44. The van der Waals surface area contributed by atoms with Gasteiger partial charge >= 0.3 is 0 Å². The van der Waals surface area contributed by atoms with E-state index in [4.69, 9.17) is 9.47 Å². The molecule has 0 N–H and O–H groups in total. The Morgan fingerprint density at radius 2 is 2.42 bits per heavy atom. The van der Waals surface area contributed by atoms with Crippen molar-refractivity contribution in [3.8, 4) is 0 Å². The third kappa shape index (κ3) is 1.02. The van der Waals surface area contributed by atoms with Crippen molar-refractivity contribution in [3.63, 3.8) is 0 Å². The number of ketones is 1. The summed E-state index contributed by atoms with van der Waals surface area (Å²) < 4.78 is 10.5. The highest BCUT2D eigenvalue weighted by Crippen LogP contribution is 2.30. The molecule has 1 fully saturated rings. The zero-order valence-corrected chi connectivity index (χ0v) is 6.87. The zero-order chi connectivity index (χ0) is 8.60. The molecule has 12 heavy (non-hydrogen) atoms. The standard InChI is InChI=1S/C9H10O3/c1-7-4-8(10)2-3-9(7)5-11-6-12-9/h2-4H,5-6H2,1H3. The van der Waals surface area contributed by atoms with Gasteiger partial charge in [0.05, 0.1) is 6.61 Å². The maximum absolute atomic E-state index is 11.0. The summed E-state index contributed by atoms with van der Waals surface area (Å²) in [6, 6.07) is 0. The van der Waals surface area contributed by atoms with Crippen LogP contribution in [0.4, 0.5) is 0 Å². The van der Waals surface area contributed by atoms with E-state index < -0.39 is 5.60 Å². The van der Waals surface area contributed by atoms with Crippen molar-refractivity contribution in [1.82, 2.24) is 0 Å². The van der Waals surface area contributed by atoms with Crippen molar-refractivity contribution in [2.45, 2.75) is 12.5 Å². The summed E-state index contributed by atoms with van der Waals surface area (Å²) in [7, 11) is 0. The average Bonchev–Trinajstić information content (AvgIpc) is 2.48. The highest BCUT2D eigenvalue weighted by molar-refractivity contribution is 6.01. The first-order valence-corrected chi connectivity index (χ1v) is 3.87. The van der Waals surface area contributed by atoms with Crippen molar-refractivity contribution in [3.05, 3.63) is 23.8 Å². The zero-order valence-electron chi connectivity index (χ0n) is 6.87. The van der Waals surface area contributed by atoms with Crippen LogP contribution < -0.4 is 0 Å². The van der Waals surface area contributed by atoms with Gasteiger partial charge in [-0.15, -0.1) is 0 Å². The third-order valence-electron chi connectivity index (χ3n) is 2.26. The van der Waals surface area contributed by atoms with Gasteiger partial charge in [-0.25, -0.2) is 0 Å². The van der Waals surface area contributed by atoms with Crippen LogP contribution in [0.2, 0.25) is 0 Å². The van der Waals surface area contributed by atoms with Gasteiger partial charge < -0.3 is 9.47 Å². The molecule has 1 unspecified atom stereocenters. The molecule has 3 heteroatoms. The molecule has 0 amide bonds. The van der Waals surface area contributed by atoms with Crippen LogP contribution in [0.5, 0.6) is 0 Å². The van der Waals surface area contributed by atoms with Gasteiger partial charge in [0.1, 0.15) is 12.4 Å². The van der Waals surface area contributed by atoms with E-state index in [0.717, 1.165) is 5.57 Å². The van der Waals surface area contributed by atoms with Crippen LogP contribution in [0, 0.1) is 0 Å². The molecule has 1 atom stereocenters. The first-order chi connectivity index (χ1) is 5.73. The average molecular weight is 166 g/mol. The van der Waals surface area contributed by atoms with E-state index in [1.807, 2.05) is 6.92 Å². The van der Waals surface area contributed by atoms with Crippen LogP contribution >= 0.6 is 0 Å². The molecular formula is C9H10O3. The van der Waals surface area contributed by atoms with Gasteiger partial charge in [0.15, 0.2) is 5.78 Å². The molecule has 0 aromatic rings. The minimum atomic E-state index is -0.450. The molecule has 1 saturated heterocycles. The summed E-state index contributed by atoms with van der Waals surface area (Å²) in [6.07, 6.45) is 4.90. The molecule has 2 rings (SSSR count). The summed E-state index contributed by atoms with van der Waals surface area (Å²) in [5.41, 5.74) is 0.473. The van der Waals surface area contributed by atoms with Gasteiger partial charge in [0.2, 0.25) is 0 Å². The predicted molar refractivity (Wildman–Crippen MR) is 42.5 cm³/mol. The number of allylic oxidation sites excluding steroid dienone is 2. The lowest BCUT2D eigenvalue weighted by Gasteiger charge is -2.25. The van der Waals surface area contributed by atoms with Crippen LogP contribution in [0.15, 0.2) is 23.8 Å². The Balaban J connectivity index is 2.33. The quantitative estimate of drug-likeness (QED) is 0.534. The van der Waals surface area contributed by atoms with Crippen molar-refractivity contribution in [2.75, 3.05) is 13.4 Å². The minimum Gasteiger partial charge on any atom is -0.352 e. The predicted octanol–water partition coefficient (Wildman–Crippen LogP) is 0.815. The van der Waals surface area contributed by atoms with Gasteiger partial charge in [-0.3, -0.25) is 4.79 Å². The third-order valence-corrected chi connectivity index (χ3v) is 2.26. The van der Waals surface area contributed by atoms with Gasteiger partial charge in [0, 0.05) is 0 Å². The molecule has 0 saturated carbocycles. The number of hydrogen-bond acceptors (Lipinski definition) is 3. The van der Waals surface area contributed by atoms with E-state index in [-0.39, 0.29) is 5.78 Å². The van der Waals surface area contributed by atoms with E-state index in [2.05, 4.69) is 0 Å². The molecule has 0 bridgehead atoms. The lowest BCUT2D eigenvalue weighted by atomic mass is 9.90. The first kappa shape index (κ1) is 7.71. The number of rotatable bonds is 0. The monoisotopic (exact) mass is 166 g/mol. The SMILES string of the molecule is CC1=CC(=O)C=CC12COCO2. The summed E-state index contributed by atoms with van der Waals surface area (Å²) in [5, 5.41) is 0. The normalized spacial score (nSPS) is 34.4. The molecule has 1 aliphatic carbocycles. The van der Waals surface area contributed by atoms with E-state index in [9.17, 15) is 4.79 Å². The Hall–Kier alpha value is -0.930. The summed E-state index contributed by atoms with van der Waals surface area (Å²) in [4.78, 5) is 11.0. The highest BCUT2D eigenvalue weighted by Gasteiger charge is 2.37. The van der Waals surface area contributed by atoms with E-state index in [0.29, 0.717) is 13.4 Å². The molecular weight excluding hydrogens is 156 g/mol. The van der Waals surface area contributed by atoms with Crippen molar-refractivity contribution in [1.29, 1.82) is 0 Å². The Bertz CT molecular complexity index is 269. The maximum Gasteiger partial charge on any atom is 0.178 e. The van der Waals surface area contributed by atoms with E-state index in [1.54, 1.807) is 12.2 Å². The van der Waals surface area contributed by atoms with Gasteiger partial charge in [-0.1, -0.05) is 0 Å². The fourth-order valence-electron chi connectivity index (χ4n) is 1.44. The van der Waals surface area contributed by atoms with Crippen molar-refractivity contribution >= 4 is 5.78 Å². The summed E-state index contributed by atoms with van der Waals surface area (Å²) in [5.74, 6) is 0.0219. The molecule has 1 spiro atoms. The summed E-state index contributed by atoms with van der Waals surface area (Å²) in [6.45, 7) is 2.71. The second kappa shape index (κ2) is 2.54. The van der Waals surface area contributed by atoms with Gasteiger partial charge in [-0.2, -0.15) is 0 Å². The van der Waals surface area contributed by atoms with E-state index >= 15 is 0 Å². The van der Waals surface area contributed by atoms with Crippen LogP contribution in [-0.2, 0) is 14.3 Å². The Morgan fingerprint density at radius 3 is 3.00 bits per heavy atom. The molecule has 1 heterocycles. The molecule has 0 radical (unpaired) electrons. The Kier molecular flexibility index (Phi) is 1.63. The van der Waals surface area contributed by atoms with Gasteiger partial charge in [0.25, 0.3) is 0 Å². The molecule has 3 nitrogen and oxygen atoms in total. The van der Waals surface area contributed by atoms with Crippen LogP contribution in [0.25, 0.3) is 0 Å². The Morgan fingerprint density at radius 1 is 1.58 bits per heavy atom. The molecule has 1 aliphatic heterocycles. The lowest BCUT2D eigenvalue weighted by Crippen LogP contribution is -2.32. The van der Waals surface area contributed by atoms with Crippen molar-refractivity contribution in [2.24, 2.45) is 0 Å². The van der Waals surface area contributed by atoms with E-state index in [1.165, 1.54) is 6.08 Å². The molecule has 0 aromatic carbocycles. The van der Waals surface area contributed by atoms with Crippen LogP contribution in [0.3, 0.4) is 0 Å².